The predicted octanol–water partition coefficient (Wildman–Crippen LogP) is 14.1. The first kappa shape index (κ1) is 40.2. The summed E-state index contributed by atoms with van der Waals surface area (Å²) in [6.07, 6.45) is 11.8. The number of hydrogen-bond acceptors (Lipinski definition) is 2. The lowest BCUT2D eigenvalue weighted by atomic mass is 10.0. The minimum absolute atomic E-state index is 0.874. The molecule has 2 aromatic carbocycles. The van der Waals surface area contributed by atoms with Gasteiger partial charge in [0, 0.05) is 19.6 Å². The standard InChI is InChI=1S/C31H30S2.4C2H6/c1-8-10-15-21(3)24(6)29-30(25(7)22(4)16-11-9-2)33-31-27(26-17-13-12-14-18-26)20-19-23(5)28(31)32-29;4*1-2/h8-20H,1,3,6-7H2,2,4-5H3;4*1-2H3/b11-9-,15-10-,22-16+;;;;. The lowest BCUT2D eigenvalue weighted by molar-refractivity contribution is 1.17. The smallest absolute Gasteiger partial charge is 0.0343 e. The molecule has 1 aliphatic rings. The van der Waals surface area contributed by atoms with Crippen LogP contribution >= 0.6 is 23.5 Å². The molecule has 0 fully saturated rings. The highest BCUT2D eigenvalue weighted by Gasteiger charge is 2.27. The van der Waals surface area contributed by atoms with Crippen LogP contribution in [0.1, 0.15) is 74.8 Å². The van der Waals surface area contributed by atoms with Crippen molar-refractivity contribution in [3.05, 3.63) is 143 Å². The van der Waals surface area contributed by atoms with E-state index < -0.39 is 0 Å². The average Bonchev–Trinajstić information content (AvgIpc) is 3.05. The lowest BCUT2D eigenvalue weighted by Gasteiger charge is -2.28. The Balaban J connectivity index is 0. The fraction of sp³-hybridized carbons (Fsp3) is 0.282. The predicted molar refractivity (Wildman–Crippen MR) is 196 cm³/mol. The Kier molecular flexibility index (Phi) is 23.3. The zero-order valence-corrected chi connectivity index (χ0v) is 29.3. The number of benzene rings is 2. The molecule has 1 heterocycles. The molecule has 0 radical (unpaired) electrons. The molecular formula is C39H54S2. The Bertz CT molecular complexity index is 1230. The molecule has 0 nitrogen and oxygen atoms in total. The SMILES string of the molecule is C=C/C=C\C(=C)C(=C)C1=C(C(=C)/C(C)=C/C=C\C)Sc2c(-c3ccccc3)ccc(C)c2S1.CC.CC.CC.CC. The Morgan fingerprint density at radius 1 is 0.707 bits per heavy atom. The van der Waals surface area contributed by atoms with E-state index in [1.807, 2.05) is 80.5 Å². The van der Waals surface area contributed by atoms with Crippen molar-refractivity contribution < 1.29 is 0 Å². The molecule has 1 aliphatic heterocycles. The molecule has 0 saturated heterocycles. The van der Waals surface area contributed by atoms with Crippen molar-refractivity contribution in [1.82, 2.24) is 0 Å². The van der Waals surface area contributed by atoms with Crippen LogP contribution in [-0.2, 0) is 0 Å². The van der Waals surface area contributed by atoms with E-state index >= 15 is 0 Å². The van der Waals surface area contributed by atoms with Crippen molar-refractivity contribution in [2.75, 3.05) is 0 Å². The van der Waals surface area contributed by atoms with E-state index in [-0.39, 0.29) is 0 Å². The van der Waals surface area contributed by atoms with E-state index in [9.17, 15) is 0 Å². The summed E-state index contributed by atoms with van der Waals surface area (Å²) >= 11 is 3.56. The summed E-state index contributed by atoms with van der Waals surface area (Å²) in [6, 6.07) is 15.0. The molecule has 2 aromatic rings. The van der Waals surface area contributed by atoms with Gasteiger partial charge < -0.3 is 0 Å². The molecular weight excluding hydrogens is 533 g/mol. The van der Waals surface area contributed by atoms with Gasteiger partial charge in [-0.2, -0.15) is 0 Å². The molecule has 0 amide bonds. The molecule has 41 heavy (non-hydrogen) atoms. The van der Waals surface area contributed by atoms with Gasteiger partial charge in [0.15, 0.2) is 0 Å². The summed E-state index contributed by atoms with van der Waals surface area (Å²) < 4.78 is 0. The molecule has 0 spiro atoms. The third-order valence-electron chi connectivity index (χ3n) is 5.39. The molecule has 0 bridgehead atoms. The Morgan fingerprint density at radius 2 is 1.24 bits per heavy atom. The van der Waals surface area contributed by atoms with Crippen LogP contribution in [0.25, 0.3) is 11.1 Å². The van der Waals surface area contributed by atoms with E-state index in [4.69, 9.17) is 0 Å². The van der Waals surface area contributed by atoms with Crippen molar-refractivity contribution in [3.8, 4) is 11.1 Å². The number of aryl methyl sites for hydroxylation is 1. The third-order valence-corrected chi connectivity index (χ3v) is 8.32. The summed E-state index contributed by atoms with van der Waals surface area (Å²) in [5, 5.41) is 0. The van der Waals surface area contributed by atoms with Gasteiger partial charge in [-0.25, -0.2) is 0 Å². The van der Waals surface area contributed by atoms with Crippen LogP contribution in [0, 0.1) is 6.92 Å². The minimum Gasteiger partial charge on any atom is -0.0991 e. The van der Waals surface area contributed by atoms with Gasteiger partial charge in [-0.3, -0.25) is 0 Å². The molecule has 0 saturated carbocycles. The third kappa shape index (κ3) is 11.8. The van der Waals surface area contributed by atoms with Gasteiger partial charge in [-0.15, -0.1) is 0 Å². The van der Waals surface area contributed by atoms with Crippen molar-refractivity contribution >= 4 is 23.5 Å². The van der Waals surface area contributed by atoms with Crippen molar-refractivity contribution in [3.63, 3.8) is 0 Å². The zero-order valence-electron chi connectivity index (χ0n) is 27.7. The van der Waals surface area contributed by atoms with Gasteiger partial charge >= 0.3 is 0 Å². The van der Waals surface area contributed by atoms with Gasteiger partial charge in [0.2, 0.25) is 0 Å². The van der Waals surface area contributed by atoms with Gasteiger partial charge in [-0.05, 0) is 59.8 Å². The quantitative estimate of drug-likeness (QED) is 0.282. The maximum atomic E-state index is 4.48. The molecule has 0 aromatic heterocycles. The highest BCUT2D eigenvalue weighted by molar-refractivity contribution is 8.09. The minimum atomic E-state index is 0.874. The van der Waals surface area contributed by atoms with Gasteiger partial charge in [-0.1, -0.05) is 184 Å². The van der Waals surface area contributed by atoms with E-state index in [2.05, 4.69) is 94.8 Å². The van der Waals surface area contributed by atoms with Crippen LogP contribution in [-0.4, -0.2) is 0 Å². The van der Waals surface area contributed by atoms with E-state index in [0.717, 1.165) is 32.1 Å². The highest BCUT2D eigenvalue weighted by atomic mass is 32.2. The van der Waals surface area contributed by atoms with Crippen LogP contribution in [0.15, 0.2) is 147 Å². The van der Waals surface area contributed by atoms with Crippen LogP contribution in [0.4, 0.5) is 0 Å². The van der Waals surface area contributed by atoms with Crippen LogP contribution in [0.5, 0.6) is 0 Å². The van der Waals surface area contributed by atoms with E-state index in [1.165, 1.54) is 26.5 Å². The highest BCUT2D eigenvalue weighted by Crippen LogP contribution is 2.56. The number of rotatable bonds is 8. The molecule has 0 aliphatic carbocycles. The second kappa shape index (κ2) is 23.7. The summed E-state index contributed by atoms with van der Waals surface area (Å²) in [5.74, 6) is 0. The monoisotopic (exact) mass is 586 g/mol. The Hall–Kier alpha value is -2.94. The van der Waals surface area contributed by atoms with Crippen molar-refractivity contribution in [2.24, 2.45) is 0 Å². The summed E-state index contributed by atoms with van der Waals surface area (Å²) in [7, 11) is 0. The maximum absolute atomic E-state index is 4.48. The first-order chi connectivity index (χ1) is 19.9. The second-order valence-electron chi connectivity index (χ2n) is 7.77. The largest absolute Gasteiger partial charge is 0.0991 e. The zero-order chi connectivity index (χ0) is 32.0. The first-order valence-electron chi connectivity index (χ1n) is 14.8. The number of thioether (sulfide) groups is 2. The average molecular weight is 587 g/mol. The molecule has 222 valence electrons. The van der Waals surface area contributed by atoms with Crippen molar-refractivity contribution in [2.45, 2.75) is 86.0 Å². The normalized spacial score (nSPS) is 11.8. The van der Waals surface area contributed by atoms with E-state index in [0.29, 0.717) is 0 Å². The van der Waals surface area contributed by atoms with Gasteiger partial charge in [0.05, 0.1) is 0 Å². The number of hydrogen-bond donors (Lipinski definition) is 0. The Morgan fingerprint density at radius 3 is 1.78 bits per heavy atom. The topological polar surface area (TPSA) is 0 Å². The lowest BCUT2D eigenvalue weighted by Crippen LogP contribution is -2.03. The van der Waals surface area contributed by atoms with Gasteiger partial charge in [0.1, 0.15) is 0 Å². The second-order valence-corrected chi connectivity index (χ2v) is 9.81. The van der Waals surface area contributed by atoms with Crippen molar-refractivity contribution in [1.29, 1.82) is 0 Å². The summed E-state index contributed by atoms with van der Waals surface area (Å²) in [5.41, 5.74) is 7.64. The molecule has 0 unspecified atom stereocenters. The molecule has 3 rings (SSSR count). The van der Waals surface area contributed by atoms with E-state index in [1.54, 1.807) is 29.6 Å². The van der Waals surface area contributed by atoms with Crippen LogP contribution in [0.3, 0.4) is 0 Å². The van der Waals surface area contributed by atoms with Crippen LogP contribution in [0.2, 0.25) is 0 Å². The molecule has 0 atom stereocenters. The van der Waals surface area contributed by atoms with Crippen LogP contribution < -0.4 is 0 Å². The molecule has 2 heteroatoms. The maximum Gasteiger partial charge on any atom is 0.0343 e. The summed E-state index contributed by atoms with van der Waals surface area (Å²) in [4.78, 5) is 4.78. The first-order valence-corrected chi connectivity index (χ1v) is 16.5. The van der Waals surface area contributed by atoms with Gasteiger partial charge in [0.25, 0.3) is 0 Å². The molecule has 0 N–H and O–H groups in total. The number of fused-ring (bicyclic) bond motifs is 1. The fourth-order valence-electron chi connectivity index (χ4n) is 3.38. The number of allylic oxidation sites excluding steroid dienone is 10. The fourth-order valence-corrected chi connectivity index (χ4v) is 6.24. The Labute approximate surface area is 262 Å². The summed E-state index contributed by atoms with van der Waals surface area (Å²) in [6.45, 7) is 39.2.